The first-order valence-electron chi connectivity index (χ1n) is 7.84. The highest BCUT2D eigenvalue weighted by atomic mass is 35.5. The van der Waals surface area contributed by atoms with Crippen LogP contribution in [0.15, 0.2) is 36.4 Å². The maximum atomic E-state index is 12.3. The van der Waals surface area contributed by atoms with Crippen LogP contribution in [0.3, 0.4) is 0 Å². The Kier molecular flexibility index (Phi) is 6.45. The van der Waals surface area contributed by atoms with Crippen LogP contribution in [0.2, 0.25) is 10.0 Å². The lowest BCUT2D eigenvalue weighted by Crippen LogP contribution is -2.40. The Bertz CT molecular complexity index is 766. The monoisotopic (exact) mass is 378 g/mol. The summed E-state index contributed by atoms with van der Waals surface area (Å²) in [6.45, 7) is 5.49. The second-order valence-corrected chi connectivity index (χ2v) is 6.76. The van der Waals surface area contributed by atoms with E-state index in [9.17, 15) is 9.59 Å². The van der Waals surface area contributed by atoms with Gasteiger partial charge in [0.05, 0.1) is 10.7 Å². The molecule has 0 radical (unpaired) electrons. The highest BCUT2D eigenvalue weighted by molar-refractivity contribution is 6.34. The second-order valence-electron chi connectivity index (χ2n) is 5.92. The number of amides is 2. The topological polar surface area (TPSA) is 49.4 Å². The first-order chi connectivity index (χ1) is 11.8. The van der Waals surface area contributed by atoms with Gasteiger partial charge in [-0.2, -0.15) is 0 Å². The number of halogens is 2. The third-order valence-corrected chi connectivity index (χ3v) is 4.29. The van der Waals surface area contributed by atoms with Gasteiger partial charge >= 0.3 is 0 Å². The van der Waals surface area contributed by atoms with Gasteiger partial charge in [-0.25, -0.2) is 0 Å². The molecule has 0 saturated carbocycles. The SMILES string of the molecule is CC(=O)N(CC(=O)NCc1ccc(Cl)cc1)c1c(C)cc(C)cc1Cl. The maximum Gasteiger partial charge on any atom is 0.240 e. The van der Waals surface area contributed by atoms with E-state index in [0.717, 1.165) is 16.7 Å². The molecule has 6 heteroatoms. The number of carbonyl (C=O) groups excluding carboxylic acids is 2. The summed E-state index contributed by atoms with van der Waals surface area (Å²) in [6, 6.07) is 10.9. The van der Waals surface area contributed by atoms with Gasteiger partial charge in [-0.3, -0.25) is 9.59 Å². The molecule has 0 aromatic heterocycles. The number of hydrogen-bond donors (Lipinski definition) is 1. The van der Waals surface area contributed by atoms with Gasteiger partial charge in [0.1, 0.15) is 6.54 Å². The molecular formula is C19H20Cl2N2O2. The van der Waals surface area contributed by atoms with Crippen LogP contribution in [0.4, 0.5) is 5.69 Å². The number of nitrogens with zero attached hydrogens (tertiary/aromatic N) is 1. The molecule has 0 aliphatic heterocycles. The van der Waals surface area contributed by atoms with E-state index in [2.05, 4.69) is 5.32 Å². The Labute approximate surface area is 157 Å². The lowest BCUT2D eigenvalue weighted by Gasteiger charge is -2.24. The predicted octanol–water partition coefficient (Wildman–Crippen LogP) is 4.28. The Morgan fingerprint density at radius 3 is 2.28 bits per heavy atom. The van der Waals surface area contributed by atoms with E-state index in [-0.39, 0.29) is 18.4 Å². The molecule has 1 N–H and O–H groups in total. The molecule has 2 rings (SSSR count). The van der Waals surface area contributed by atoms with Crippen molar-refractivity contribution in [3.8, 4) is 0 Å². The van der Waals surface area contributed by atoms with Crippen LogP contribution in [0, 0.1) is 13.8 Å². The summed E-state index contributed by atoms with van der Waals surface area (Å²) < 4.78 is 0. The van der Waals surface area contributed by atoms with Crippen molar-refractivity contribution in [3.05, 3.63) is 63.1 Å². The number of aryl methyl sites for hydroxylation is 2. The zero-order valence-electron chi connectivity index (χ0n) is 14.4. The lowest BCUT2D eigenvalue weighted by atomic mass is 10.1. The molecular weight excluding hydrogens is 359 g/mol. The highest BCUT2D eigenvalue weighted by Gasteiger charge is 2.20. The largest absolute Gasteiger partial charge is 0.350 e. The van der Waals surface area contributed by atoms with Gasteiger partial charge in [-0.05, 0) is 48.7 Å². The van der Waals surface area contributed by atoms with E-state index in [1.807, 2.05) is 32.0 Å². The number of nitrogens with one attached hydrogen (secondary N) is 1. The third-order valence-electron chi connectivity index (χ3n) is 3.75. The first-order valence-corrected chi connectivity index (χ1v) is 8.59. The Morgan fingerprint density at radius 2 is 1.72 bits per heavy atom. The summed E-state index contributed by atoms with van der Waals surface area (Å²) in [4.78, 5) is 25.7. The smallest absolute Gasteiger partial charge is 0.240 e. The van der Waals surface area contributed by atoms with Crippen molar-refractivity contribution in [1.29, 1.82) is 0 Å². The van der Waals surface area contributed by atoms with Crippen molar-refractivity contribution in [2.24, 2.45) is 0 Å². The third kappa shape index (κ3) is 5.21. The van der Waals surface area contributed by atoms with Crippen LogP contribution >= 0.6 is 23.2 Å². The molecule has 2 aromatic carbocycles. The molecule has 0 bridgehead atoms. The molecule has 0 spiro atoms. The Morgan fingerprint density at radius 1 is 1.08 bits per heavy atom. The van der Waals surface area contributed by atoms with Crippen molar-refractivity contribution in [2.75, 3.05) is 11.4 Å². The molecule has 132 valence electrons. The van der Waals surface area contributed by atoms with Crippen LogP contribution in [-0.4, -0.2) is 18.4 Å². The zero-order valence-corrected chi connectivity index (χ0v) is 15.9. The van der Waals surface area contributed by atoms with Gasteiger partial charge in [0, 0.05) is 18.5 Å². The summed E-state index contributed by atoms with van der Waals surface area (Å²) in [7, 11) is 0. The Balaban J connectivity index is 2.10. The van der Waals surface area contributed by atoms with Crippen molar-refractivity contribution < 1.29 is 9.59 Å². The molecule has 0 saturated heterocycles. The summed E-state index contributed by atoms with van der Waals surface area (Å²) in [5.74, 6) is -0.503. The number of anilines is 1. The van der Waals surface area contributed by atoms with Gasteiger partial charge < -0.3 is 10.2 Å². The highest BCUT2D eigenvalue weighted by Crippen LogP contribution is 2.31. The molecule has 0 atom stereocenters. The summed E-state index contributed by atoms with van der Waals surface area (Å²) in [6.07, 6.45) is 0. The maximum absolute atomic E-state index is 12.3. The van der Waals surface area contributed by atoms with E-state index < -0.39 is 0 Å². The molecule has 2 amide bonds. The fourth-order valence-electron chi connectivity index (χ4n) is 2.60. The molecule has 0 fully saturated rings. The van der Waals surface area contributed by atoms with E-state index in [4.69, 9.17) is 23.2 Å². The number of benzene rings is 2. The standard InChI is InChI=1S/C19H20Cl2N2O2/c1-12-8-13(2)19(17(21)9-12)23(14(3)24)11-18(25)22-10-15-4-6-16(20)7-5-15/h4-9H,10-11H2,1-3H3,(H,22,25). The van der Waals surface area contributed by atoms with Gasteiger partial charge in [0.25, 0.3) is 0 Å². The molecule has 2 aromatic rings. The number of hydrogen-bond acceptors (Lipinski definition) is 2. The molecule has 0 heterocycles. The normalized spacial score (nSPS) is 10.4. The molecule has 0 aliphatic carbocycles. The van der Waals surface area contributed by atoms with Crippen molar-refractivity contribution in [2.45, 2.75) is 27.3 Å². The van der Waals surface area contributed by atoms with Crippen LogP contribution in [0.5, 0.6) is 0 Å². The van der Waals surface area contributed by atoms with Crippen molar-refractivity contribution in [1.82, 2.24) is 5.32 Å². The van der Waals surface area contributed by atoms with Gasteiger partial charge in [-0.1, -0.05) is 41.4 Å². The summed E-state index contributed by atoms with van der Waals surface area (Å²) >= 11 is 12.1. The molecule has 0 unspecified atom stereocenters. The second kappa shape index (κ2) is 8.37. The Hall–Kier alpha value is -2.04. The van der Waals surface area contributed by atoms with Crippen LogP contribution < -0.4 is 10.2 Å². The zero-order chi connectivity index (χ0) is 18.6. The fourth-order valence-corrected chi connectivity index (χ4v) is 3.15. The average molecular weight is 379 g/mol. The average Bonchev–Trinajstić information content (AvgIpc) is 2.52. The first kappa shape index (κ1) is 19.3. The number of carbonyl (C=O) groups is 2. The minimum Gasteiger partial charge on any atom is -0.350 e. The fraction of sp³-hybridized carbons (Fsp3) is 0.263. The van der Waals surface area contributed by atoms with E-state index in [0.29, 0.717) is 22.3 Å². The minimum absolute atomic E-state index is 0.0907. The van der Waals surface area contributed by atoms with E-state index in [1.165, 1.54) is 11.8 Å². The van der Waals surface area contributed by atoms with Crippen molar-refractivity contribution >= 4 is 40.7 Å². The van der Waals surface area contributed by atoms with Crippen molar-refractivity contribution in [3.63, 3.8) is 0 Å². The summed E-state index contributed by atoms with van der Waals surface area (Å²) in [5, 5.41) is 3.90. The number of rotatable bonds is 5. The lowest BCUT2D eigenvalue weighted by molar-refractivity contribution is -0.123. The van der Waals surface area contributed by atoms with Gasteiger partial charge in [0.15, 0.2) is 0 Å². The van der Waals surface area contributed by atoms with Crippen LogP contribution in [-0.2, 0) is 16.1 Å². The van der Waals surface area contributed by atoms with Gasteiger partial charge in [0.2, 0.25) is 11.8 Å². The van der Waals surface area contributed by atoms with Crippen LogP contribution in [0.1, 0.15) is 23.6 Å². The quantitative estimate of drug-likeness (QED) is 0.843. The molecule has 25 heavy (non-hydrogen) atoms. The molecule has 4 nitrogen and oxygen atoms in total. The van der Waals surface area contributed by atoms with E-state index >= 15 is 0 Å². The van der Waals surface area contributed by atoms with Crippen LogP contribution in [0.25, 0.3) is 0 Å². The minimum atomic E-state index is -0.263. The van der Waals surface area contributed by atoms with Gasteiger partial charge in [-0.15, -0.1) is 0 Å². The summed E-state index contributed by atoms with van der Waals surface area (Å²) in [5.41, 5.74) is 3.35. The molecule has 0 aliphatic rings. The van der Waals surface area contributed by atoms with E-state index in [1.54, 1.807) is 18.2 Å². The predicted molar refractivity (Wildman–Crippen MR) is 102 cm³/mol.